The zero-order valence-electron chi connectivity index (χ0n) is 14.1. The number of piperazine rings is 1. The first-order chi connectivity index (χ1) is 11.7. The summed E-state index contributed by atoms with van der Waals surface area (Å²) in [6, 6.07) is 8.08. The molecule has 7 heteroatoms. The lowest BCUT2D eigenvalue weighted by Gasteiger charge is -2.33. The summed E-state index contributed by atoms with van der Waals surface area (Å²) in [6.45, 7) is 5.87. The summed E-state index contributed by atoms with van der Waals surface area (Å²) >= 11 is 1.57. The summed E-state index contributed by atoms with van der Waals surface area (Å²) in [5.74, 6) is 2.03. The zero-order chi connectivity index (χ0) is 16.9. The second-order valence-electron chi connectivity index (χ2n) is 5.97. The van der Waals surface area contributed by atoms with E-state index in [1.54, 1.807) is 11.8 Å². The average molecular weight is 346 g/mol. The van der Waals surface area contributed by atoms with Crippen molar-refractivity contribution < 1.29 is 9.32 Å². The molecule has 1 aromatic carbocycles. The Morgan fingerprint density at radius 3 is 2.58 bits per heavy atom. The maximum absolute atomic E-state index is 11.9. The predicted molar refractivity (Wildman–Crippen MR) is 94.7 cm³/mol. The fourth-order valence-corrected chi connectivity index (χ4v) is 3.13. The van der Waals surface area contributed by atoms with Crippen molar-refractivity contribution in [1.29, 1.82) is 0 Å². The number of nitrogens with zero attached hydrogens (tertiary/aromatic N) is 4. The third-order valence-corrected chi connectivity index (χ3v) is 4.67. The quantitative estimate of drug-likeness (QED) is 0.826. The van der Waals surface area contributed by atoms with Crippen LogP contribution in [0, 0.1) is 6.92 Å². The first kappa shape index (κ1) is 17.0. The minimum absolute atomic E-state index is 0.224. The summed E-state index contributed by atoms with van der Waals surface area (Å²) in [7, 11) is 0. The van der Waals surface area contributed by atoms with Crippen LogP contribution in [0.5, 0.6) is 0 Å². The number of aromatic nitrogens is 2. The topological polar surface area (TPSA) is 62.5 Å². The van der Waals surface area contributed by atoms with Gasteiger partial charge in [0.25, 0.3) is 0 Å². The smallest absolute Gasteiger partial charge is 0.241 e. The van der Waals surface area contributed by atoms with Gasteiger partial charge in [-0.1, -0.05) is 35.0 Å². The van der Waals surface area contributed by atoms with E-state index in [4.69, 9.17) is 4.52 Å². The molecule has 0 radical (unpaired) electrons. The summed E-state index contributed by atoms with van der Waals surface area (Å²) in [5.41, 5.74) is 2.17. The molecule has 24 heavy (non-hydrogen) atoms. The molecule has 1 aliphatic heterocycles. The van der Waals surface area contributed by atoms with Gasteiger partial charge in [-0.15, -0.1) is 0 Å². The number of hydrogen-bond donors (Lipinski definition) is 0. The molecule has 0 spiro atoms. The Morgan fingerprint density at radius 2 is 1.92 bits per heavy atom. The van der Waals surface area contributed by atoms with Gasteiger partial charge in [0.2, 0.25) is 17.6 Å². The van der Waals surface area contributed by atoms with E-state index in [0.29, 0.717) is 24.0 Å². The van der Waals surface area contributed by atoms with Crippen LogP contribution in [0.25, 0.3) is 11.4 Å². The molecule has 0 unspecified atom stereocenters. The van der Waals surface area contributed by atoms with Gasteiger partial charge < -0.3 is 9.42 Å². The van der Waals surface area contributed by atoms with E-state index < -0.39 is 0 Å². The summed E-state index contributed by atoms with van der Waals surface area (Å²) in [4.78, 5) is 20.6. The third kappa shape index (κ3) is 4.15. The predicted octanol–water partition coefficient (Wildman–Crippen LogP) is 2.05. The number of hydrogen-bond acceptors (Lipinski definition) is 6. The molecule has 0 bridgehead atoms. The molecule has 0 atom stereocenters. The number of aryl methyl sites for hydroxylation is 1. The van der Waals surface area contributed by atoms with E-state index >= 15 is 0 Å². The molecule has 0 N–H and O–H groups in total. The number of carbonyl (C=O) groups excluding carboxylic acids is 1. The number of carbonyl (C=O) groups is 1. The van der Waals surface area contributed by atoms with Gasteiger partial charge in [0, 0.05) is 31.7 Å². The number of benzene rings is 1. The SMILES string of the molecule is CSCC(=O)N1CCN(Cc2nc(-c3ccc(C)cc3)no2)CC1. The van der Waals surface area contributed by atoms with Gasteiger partial charge >= 0.3 is 0 Å². The minimum atomic E-state index is 0.224. The van der Waals surface area contributed by atoms with Crippen LogP contribution in [0.3, 0.4) is 0 Å². The van der Waals surface area contributed by atoms with Gasteiger partial charge in [-0.3, -0.25) is 9.69 Å². The molecule has 3 rings (SSSR count). The van der Waals surface area contributed by atoms with Gasteiger partial charge in [0.05, 0.1) is 12.3 Å². The number of rotatable bonds is 5. The monoisotopic (exact) mass is 346 g/mol. The van der Waals surface area contributed by atoms with E-state index in [0.717, 1.165) is 31.7 Å². The zero-order valence-corrected chi connectivity index (χ0v) is 14.9. The minimum Gasteiger partial charge on any atom is -0.339 e. The Bertz CT molecular complexity index is 678. The molecular weight excluding hydrogens is 324 g/mol. The van der Waals surface area contributed by atoms with Crippen LogP contribution < -0.4 is 0 Å². The number of thioether (sulfide) groups is 1. The van der Waals surface area contributed by atoms with Crippen molar-refractivity contribution in [3.05, 3.63) is 35.7 Å². The molecule has 0 saturated carbocycles. The Labute approximate surface area is 146 Å². The standard InChI is InChI=1S/C17H22N4O2S/c1-13-3-5-14(6-4-13)17-18-15(23-19-17)11-20-7-9-21(10-8-20)16(22)12-24-2/h3-6H,7-12H2,1-2H3. The van der Waals surface area contributed by atoms with Crippen molar-refractivity contribution in [2.45, 2.75) is 13.5 Å². The fourth-order valence-electron chi connectivity index (χ4n) is 2.70. The van der Waals surface area contributed by atoms with Crippen molar-refractivity contribution in [3.63, 3.8) is 0 Å². The Hall–Kier alpha value is -1.86. The normalized spacial score (nSPS) is 15.7. The molecule has 2 heterocycles. The maximum atomic E-state index is 11.9. The van der Waals surface area contributed by atoms with Crippen molar-refractivity contribution in [1.82, 2.24) is 19.9 Å². The second-order valence-corrected chi connectivity index (χ2v) is 6.83. The molecule has 1 aromatic heterocycles. The molecule has 1 fully saturated rings. The molecule has 2 aromatic rings. The van der Waals surface area contributed by atoms with E-state index in [2.05, 4.69) is 22.0 Å². The van der Waals surface area contributed by atoms with Crippen LogP contribution in [0.1, 0.15) is 11.5 Å². The highest BCUT2D eigenvalue weighted by molar-refractivity contribution is 7.99. The highest BCUT2D eigenvalue weighted by Crippen LogP contribution is 2.17. The van der Waals surface area contributed by atoms with E-state index in [1.807, 2.05) is 35.4 Å². The third-order valence-electron chi connectivity index (χ3n) is 4.13. The molecule has 1 saturated heterocycles. The van der Waals surface area contributed by atoms with Crippen LogP contribution in [-0.2, 0) is 11.3 Å². The highest BCUT2D eigenvalue weighted by atomic mass is 32.2. The lowest BCUT2D eigenvalue weighted by molar-refractivity contribution is -0.130. The molecule has 1 aliphatic rings. The lowest BCUT2D eigenvalue weighted by Crippen LogP contribution is -2.48. The summed E-state index contributed by atoms with van der Waals surface area (Å²) in [5, 5.41) is 4.07. The first-order valence-corrected chi connectivity index (χ1v) is 9.44. The van der Waals surface area contributed by atoms with Crippen LogP contribution in [0.15, 0.2) is 28.8 Å². The fraction of sp³-hybridized carbons (Fsp3) is 0.471. The molecule has 0 aliphatic carbocycles. The van der Waals surface area contributed by atoms with Crippen molar-refractivity contribution in [2.75, 3.05) is 38.2 Å². The van der Waals surface area contributed by atoms with Gasteiger partial charge in [0.1, 0.15) is 0 Å². The number of amides is 1. The van der Waals surface area contributed by atoms with Crippen LogP contribution in [0.2, 0.25) is 0 Å². The molecule has 128 valence electrons. The van der Waals surface area contributed by atoms with Crippen molar-refractivity contribution in [2.24, 2.45) is 0 Å². The maximum Gasteiger partial charge on any atom is 0.241 e. The van der Waals surface area contributed by atoms with Crippen molar-refractivity contribution >= 4 is 17.7 Å². The summed E-state index contributed by atoms with van der Waals surface area (Å²) in [6.07, 6.45) is 1.95. The van der Waals surface area contributed by atoms with Crippen LogP contribution in [0.4, 0.5) is 0 Å². The lowest BCUT2D eigenvalue weighted by atomic mass is 10.1. The Balaban J connectivity index is 1.54. The second kappa shape index (κ2) is 7.81. The van der Waals surface area contributed by atoms with E-state index in [-0.39, 0.29) is 5.91 Å². The highest BCUT2D eigenvalue weighted by Gasteiger charge is 2.22. The van der Waals surface area contributed by atoms with Gasteiger partial charge in [-0.05, 0) is 13.2 Å². The largest absolute Gasteiger partial charge is 0.339 e. The van der Waals surface area contributed by atoms with Gasteiger partial charge in [-0.2, -0.15) is 16.7 Å². The van der Waals surface area contributed by atoms with Crippen molar-refractivity contribution in [3.8, 4) is 11.4 Å². The molecular formula is C17H22N4O2S. The Morgan fingerprint density at radius 1 is 1.21 bits per heavy atom. The Kier molecular flexibility index (Phi) is 5.52. The molecule has 6 nitrogen and oxygen atoms in total. The van der Waals surface area contributed by atoms with Gasteiger partial charge in [-0.25, -0.2) is 0 Å². The first-order valence-electron chi connectivity index (χ1n) is 8.04. The van der Waals surface area contributed by atoms with E-state index in [9.17, 15) is 4.79 Å². The van der Waals surface area contributed by atoms with Crippen LogP contribution in [-0.4, -0.2) is 64.0 Å². The average Bonchev–Trinajstić information content (AvgIpc) is 3.05. The van der Waals surface area contributed by atoms with E-state index in [1.165, 1.54) is 5.56 Å². The van der Waals surface area contributed by atoms with Gasteiger partial charge in [0.15, 0.2) is 0 Å². The molecule has 1 amide bonds. The van der Waals surface area contributed by atoms with Crippen LogP contribution >= 0.6 is 11.8 Å². The summed E-state index contributed by atoms with van der Waals surface area (Å²) < 4.78 is 5.38.